The maximum absolute atomic E-state index is 11.3. The second-order valence-corrected chi connectivity index (χ2v) is 4.14. The fraction of sp³-hybridized carbons (Fsp3) is 0.0714. The summed E-state index contributed by atoms with van der Waals surface area (Å²) in [5, 5.41) is 1.19. The number of nitrogens with one attached hydrogen (secondary N) is 1. The number of hydrogen-bond donors (Lipinski definition) is 1. The molecule has 2 aromatic heterocycles. The molecule has 17 heavy (non-hydrogen) atoms. The fourth-order valence-electron chi connectivity index (χ4n) is 2.09. The normalized spacial score (nSPS) is 10.9. The van der Waals surface area contributed by atoms with Crippen molar-refractivity contribution >= 4 is 10.9 Å². The monoisotopic (exact) mass is 224 g/mol. The molecule has 3 heteroatoms. The van der Waals surface area contributed by atoms with Gasteiger partial charge in [-0.25, -0.2) is 0 Å². The highest BCUT2D eigenvalue weighted by Crippen LogP contribution is 2.23. The summed E-state index contributed by atoms with van der Waals surface area (Å²) >= 11 is 0. The summed E-state index contributed by atoms with van der Waals surface area (Å²) in [4.78, 5) is 13.9. The van der Waals surface area contributed by atoms with E-state index >= 15 is 0 Å². The summed E-state index contributed by atoms with van der Waals surface area (Å²) in [6.45, 7) is 0. The molecule has 0 radical (unpaired) electrons. The van der Waals surface area contributed by atoms with Gasteiger partial charge >= 0.3 is 0 Å². The predicted molar refractivity (Wildman–Crippen MR) is 69.0 cm³/mol. The lowest BCUT2D eigenvalue weighted by molar-refractivity contribution is 0.969. The van der Waals surface area contributed by atoms with E-state index in [4.69, 9.17) is 0 Å². The van der Waals surface area contributed by atoms with Gasteiger partial charge < -0.3 is 9.55 Å². The highest BCUT2D eigenvalue weighted by atomic mass is 16.1. The summed E-state index contributed by atoms with van der Waals surface area (Å²) in [5.41, 5.74) is 3.13. The van der Waals surface area contributed by atoms with Gasteiger partial charge in [-0.1, -0.05) is 6.07 Å². The molecular weight excluding hydrogens is 212 g/mol. The zero-order chi connectivity index (χ0) is 11.8. The summed E-state index contributed by atoms with van der Waals surface area (Å²) in [6, 6.07) is 11.8. The number of aromatic amines is 1. The second-order valence-electron chi connectivity index (χ2n) is 4.14. The van der Waals surface area contributed by atoms with Gasteiger partial charge in [-0.05, 0) is 35.4 Å². The Bertz CT molecular complexity index is 737. The summed E-state index contributed by atoms with van der Waals surface area (Å²) in [5.74, 6) is 0. The van der Waals surface area contributed by atoms with E-state index in [1.54, 1.807) is 12.3 Å². The zero-order valence-electron chi connectivity index (χ0n) is 9.47. The van der Waals surface area contributed by atoms with E-state index in [0.717, 1.165) is 11.1 Å². The van der Waals surface area contributed by atoms with Crippen molar-refractivity contribution in [2.75, 3.05) is 0 Å². The van der Waals surface area contributed by atoms with Crippen LogP contribution in [0.1, 0.15) is 0 Å². The van der Waals surface area contributed by atoms with Crippen LogP contribution in [0, 0.1) is 0 Å². The first-order chi connectivity index (χ1) is 8.24. The molecule has 3 rings (SSSR count). The number of H-pyrrole nitrogens is 1. The van der Waals surface area contributed by atoms with Crippen LogP contribution < -0.4 is 5.56 Å². The van der Waals surface area contributed by atoms with Crippen LogP contribution in [0.3, 0.4) is 0 Å². The van der Waals surface area contributed by atoms with Gasteiger partial charge in [-0.3, -0.25) is 4.79 Å². The first-order valence-electron chi connectivity index (χ1n) is 5.48. The highest BCUT2D eigenvalue weighted by molar-refractivity contribution is 5.85. The average Bonchev–Trinajstić information content (AvgIpc) is 2.71. The number of aromatic nitrogens is 2. The first-order valence-corrected chi connectivity index (χ1v) is 5.48. The largest absolute Gasteiger partial charge is 0.351 e. The van der Waals surface area contributed by atoms with Crippen LogP contribution in [0.4, 0.5) is 0 Å². The number of hydrogen-bond acceptors (Lipinski definition) is 1. The Morgan fingerprint density at radius 3 is 2.71 bits per heavy atom. The molecule has 84 valence electrons. The van der Waals surface area contributed by atoms with Gasteiger partial charge in [0.25, 0.3) is 0 Å². The molecule has 1 aromatic carbocycles. The van der Waals surface area contributed by atoms with E-state index in [0.29, 0.717) is 0 Å². The smallest absolute Gasteiger partial charge is 0.248 e. The molecule has 3 aromatic rings. The van der Waals surface area contributed by atoms with E-state index in [-0.39, 0.29) is 5.56 Å². The standard InChI is InChI=1S/C14H12N2O/c1-16-7-5-12-8-10(2-3-13(12)16)11-4-6-15-14(17)9-11/h2-9H,1H3,(H,15,17). The Kier molecular flexibility index (Phi) is 2.11. The highest BCUT2D eigenvalue weighted by Gasteiger charge is 2.02. The Labute approximate surface area is 98.3 Å². The fourth-order valence-corrected chi connectivity index (χ4v) is 2.09. The third-order valence-electron chi connectivity index (χ3n) is 2.99. The molecule has 0 bridgehead atoms. The topological polar surface area (TPSA) is 37.8 Å². The molecule has 0 fully saturated rings. The molecule has 0 spiro atoms. The lowest BCUT2D eigenvalue weighted by Gasteiger charge is -2.02. The maximum atomic E-state index is 11.3. The second kappa shape index (κ2) is 3.63. The molecule has 1 N–H and O–H groups in total. The number of rotatable bonds is 1. The van der Waals surface area contributed by atoms with E-state index in [1.165, 1.54) is 10.9 Å². The first kappa shape index (κ1) is 9.90. The molecule has 2 heterocycles. The lowest BCUT2D eigenvalue weighted by atomic mass is 10.1. The number of fused-ring (bicyclic) bond motifs is 1. The predicted octanol–water partition coefficient (Wildman–Crippen LogP) is 2.53. The number of aryl methyl sites for hydroxylation is 1. The van der Waals surface area contributed by atoms with Crippen molar-refractivity contribution in [1.29, 1.82) is 0 Å². The lowest BCUT2D eigenvalue weighted by Crippen LogP contribution is -2.01. The Hall–Kier alpha value is -2.29. The van der Waals surface area contributed by atoms with Gasteiger partial charge in [0.05, 0.1) is 0 Å². The van der Waals surface area contributed by atoms with Crippen LogP contribution in [0.25, 0.3) is 22.0 Å². The van der Waals surface area contributed by atoms with Gasteiger partial charge in [-0.15, -0.1) is 0 Å². The maximum Gasteiger partial charge on any atom is 0.248 e. The van der Waals surface area contributed by atoms with Crippen molar-refractivity contribution < 1.29 is 0 Å². The van der Waals surface area contributed by atoms with Crippen molar-refractivity contribution in [2.45, 2.75) is 0 Å². The van der Waals surface area contributed by atoms with Crippen LogP contribution in [0.5, 0.6) is 0 Å². The van der Waals surface area contributed by atoms with E-state index < -0.39 is 0 Å². The Balaban J connectivity index is 2.21. The van der Waals surface area contributed by atoms with Gasteiger partial charge in [0.1, 0.15) is 0 Å². The summed E-state index contributed by atoms with van der Waals surface area (Å²) in [7, 11) is 2.02. The minimum absolute atomic E-state index is 0.0735. The van der Waals surface area contributed by atoms with Crippen molar-refractivity contribution in [2.24, 2.45) is 7.05 Å². The summed E-state index contributed by atoms with van der Waals surface area (Å²) in [6.07, 6.45) is 3.71. The average molecular weight is 224 g/mol. The van der Waals surface area contributed by atoms with Crippen LogP contribution in [-0.2, 0) is 7.05 Å². The Morgan fingerprint density at radius 1 is 1.06 bits per heavy atom. The van der Waals surface area contributed by atoms with E-state index in [9.17, 15) is 4.79 Å². The van der Waals surface area contributed by atoms with Crippen LogP contribution >= 0.6 is 0 Å². The van der Waals surface area contributed by atoms with Gasteiger partial charge in [0.2, 0.25) is 5.56 Å². The summed E-state index contributed by atoms with van der Waals surface area (Å²) < 4.78 is 2.08. The molecule has 0 atom stereocenters. The SMILES string of the molecule is Cn1ccc2cc(-c3cc[nH]c(=O)c3)ccc21. The molecule has 0 aliphatic heterocycles. The van der Waals surface area contributed by atoms with Crippen LogP contribution in [-0.4, -0.2) is 9.55 Å². The van der Waals surface area contributed by atoms with Gasteiger partial charge in [0, 0.05) is 36.4 Å². The van der Waals surface area contributed by atoms with Crippen molar-refractivity contribution in [3.05, 3.63) is 59.1 Å². The van der Waals surface area contributed by atoms with E-state index in [2.05, 4.69) is 27.8 Å². The van der Waals surface area contributed by atoms with Crippen molar-refractivity contribution in [3.8, 4) is 11.1 Å². The van der Waals surface area contributed by atoms with Crippen molar-refractivity contribution in [1.82, 2.24) is 9.55 Å². The molecule has 0 aliphatic rings. The molecule has 0 saturated carbocycles. The van der Waals surface area contributed by atoms with Gasteiger partial charge in [0.15, 0.2) is 0 Å². The zero-order valence-corrected chi connectivity index (χ0v) is 9.47. The molecular formula is C14H12N2O. The third-order valence-corrected chi connectivity index (χ3v) is 2.99. The molecule has 0 unspecified atom stereocenters. The minimum atomic E-state index is -0.0735. The Morgan fingerprint density at radius 2 is 1.88 bits per heavy atom. The number of benzene rings is 1. The molecule has 0 saturated heterocycles. The molecule has 0 amide bonds. The van der Waals surface area contributed by atoms with Crippen molar-refractivity contribution in [3.63, 3.8) is 0 Å². The molecule has 0 aliphatic carbocycles. The van der Waals surface area contributed by atoms with Crippen LogP contribution in [0.2, 0.25) is 0 Å². The third kappa shape index (κ3) is 1.65. The quantitative estimate of drug-likeness (QED) is 0.677. The minimum Gasteiger partial charge on any atom is -0.351 e. The molecule has 3 nitrogen and oxygen atoms in total. The van der Waals surface area contributed by atoms with E-state index in [1.807, 2.05) is 25.4 Å². The number of nitrogens with zero attached hydrogens (tertiary/aromatic N) is 1. The van der Waals surface area contributed by atoms with Crippen LogP contribution in [0.15, 0.2) is 53.6 Å². The number of pyridine rings is 1. The van der Waals surface area contributed by atoms with Gasteiger partial charge in [-0.2, -0.15) is 0 Å².